The van der Waals surface area contributed by atoms with Crippen LogP contribution in [0.3, 0.4) is 0 Å². The van der Waals surface area contributed by atoms with Crippen molar-refractivity contribution >= 4 is 11.6 Å². The number of rotatable bonds is 5. The Balaban J connectivity index is 1.87. The van der Waals surface area contributed by atoms with E-state index in [1.165, 1.54) is 17.0 Å². The molecule has 0 saturated carbocycles. The standard InChI is InChI=1S/C22H23N3O3/c1-4-17-10-7-9-16(3)20(17)23-19(26)14-24-12-13-25(22(28)21(24)27)18-11-6-5-8-15(18)2/h5-13H,4,14H2,1-3H3,(H,23,26). The molecule has 3 rings (SSSR count). The van der Waals surface area contributed by atoms with Crippen molar-refractivity contribution in [2.24, 2.45) is 0 Å². The lowest BCUT2D eigenvalue weighted by Gasteiger charge is -2.14. The Morgan fingerprint density at radius 1 is 0.929 bits per heavy atom. The molecular formula is C22H23N3O3. The first kappa shape index (κ1) is 19.4. The Morgan fingerprint density at radius 2 is 1.64 bits per heavy atom. The van der Waals surface area contributed by atoms with E-state index < -0.39 is 11.1 Å². The molecule has 0 spiro atoms. The Morgan fingerprint density at radius 3 is 2.36 bits per heavy atom. The number of amides is 1. The second kappa shape index (κ2) is 8.08. The zero-order chi connectivity index (χ0) is 20.3. The Kier molecular flexibility index (Phi) is 5.59. The first-order chi connectivity index (χ1) is 13.4. The van der Waals surface area contributed by atoms with Gasteiger partial charge in [0.1, 0.15) is 6.54 Å². The molecule has 0 aliphatic rings. The van der Waals surface area contributed by atoms with Gasteiger partial charge in [-0.3, -0.25) is 23.5 Å². The van der Waals surface area contributed by atoms with Crippen LogP contribution in [0.2, 0.25) is 0 Å². The Hall–Kier alpha value is -3.41. The van der Waals surface area contributed by atoms with Crippen LogP contribution in [-0.2, 0) is 17.8 Å². The summed E-state index contributed by atoms with van der Waals surface area (Å²) in [5.74, 6) is -0.348. The highest BCUT2D eigenvalue weighted by Crippen LogP contribution is 2.21. The third-order valence-electron chi connectivity index (χ3n) is 4.75. The fourth-order valence-electron chi connectivity index (χ4n) is 3.19. The van der Waals surface area contributed by atoms with Gasteiger partial charge in [-0.15, -0.1) is 0 Å². The van der Waals surface area contributed by atoms with Crippen LogP contribution >= 0.6 is 0 Å². The van der Waals surface area contributed by atoms with Gasteiger partial charge in [0.05, 0.1) is 5.69 Å². The lowest BCUT2D eigenvalue weighted by atomic mass is 10.1. The van der Waals surface area contributed by atoms with Crippen molar-refractivity contribution in [3.63, 3.8) is 0 Å². The van der Waals surface area contributed by atoms with Crippen molar-refractivity contribution in [1.29, 1.82) is 0 Å². The highest BCUT2D eigenvalue weighted by molar-refractivity contribution is 5.92. The average molecular weight is 377 g/mol. The summed E-state index contributed by atoms with van der Waals surface area (Å²) in [7, 11) is 0. The first-order valence-electron chi connectivity index (χ1n) is 9.18. The number of anilines is 1. The molecule has 1 heterocycles. The van der Waals surface area contributed by atoms with E-state index >= 15 is 0 Å². The maximum atomic E-state index is 12.5. The maximum Gasteiger partial charge on any atom is 0.320 e. The third kappa shape index (κ3) is 3.81. The fraction of sp³-hybridized carbons (Fsp3) is 0.227. The lowest BCUT2D eigenvalue weighted by molar-refractivity contribution is -0.116. The molecule has 0 radical (unpaired) electrons. The van der Waals surface area contributed by atoms with Gasteiger partial charge in [0.2, 0.25) is 5.91 Å². The molecule has 6 heteroatoms. The molecule has 0 unspecified atom stereocenters. The molecule has 0 atom stereocenters. The molecule has 6 nitrogen and oxygen atoms in total. The van der Waals surface area contributed by atoms with Gasteiger partial charge in [-0.25, -0.2) is 0 Å². The summed E-state index contributed by atoms with van der Waals surface area (Å²) in [4.78, 5) is 37.5. The predicted octanol–water partition coefficient (Wildman–Crippen LogP) is 2.82. The number of nitrogens with one attached hydrogen (secondary N) is 1. The Labute approximate surface area is 163 Å². The number of aromatic nitrogens is 2. The summed E-state index contributed by atoms with van der Waals surface area (Å²) < 4.78 is 2.44. The van der Waals surface area contributed by atoms with Crippen LogP contribution in [0.25, 0.3) is 5.69 Å². The van der Waals surface area contributed by atoms with Crippen LogP contribution in [0.5, 0.6) is 0 Å². The second-order valence-electron chi connectivity index (χ2n) is 6.70. The van der Waals surface area contributed by atoms with Gasteiger partial charge < -0.3 is 5.32 Å². The molecule has 0 fully saturated rings. The first-order valence-corrected chi connectivity index (χ1v) is 9.18. The smallest absolute Gasteiger partial charge is 0.320 e. The highest BCUT2D eigenvalue weighted by Gasteiger charge is 2.13. The van der Waals surface area contributed by atoms with Crippen molar-refractivity contribution in [2.45, 2.75) is 33.7 Å². The van der Waals surface area contributed by atoms with E-state index in [9.17, 15) is 14.4 Å². The molecule has 1 amide bonds. The van der Waals surface area contributed by atoms with Crippen LogP contribution in [0.15, 0.2) is 64.4 Å². The second-order valence-corrected chi connectivity index (χ2v) is 6.70. The fourth-order valence-corrected chi connectivity index (χ4v) is 3.19. The summed E-state index contributed by atoms with van der Waals surface area (Å²) in [6.07, 6.45) is 3.77. The number of hydrogen-bond acceptors (Lipinski definition) is 3. The quantitative estimate of drug-likeness (QED) is 0.695. The molecule has 0 bridgehead atoms. The number of carbonyl (C=O) groups is 1. The number of aryl methyl sites for hydroxylation is 3. The van der Waals surface area contributed by atoms with Crippen molar-refractivity contribution in [1.82, 2.24) is 9.13 Å². The largest absolute Gasteiger partial charge is 0.324 e. The van der Waals surface area contributed by atoms with Crippen molar-refractivity contribution in [3.05, 3.63) is 92.3 Å². The summed E-state index contributed by atoms with van der Waals surface area (Å²) in [6, 6.07) is 13.1. The highest BCUT2D eigenvalue weighted by atomic mass is 16.2. The molecular weight excluding hydrogens is 354 g/mol. The summed E-state index contributed by atoms with van der Waals surface area (Å²) in [6.45, 7) is 5.58. The Bertz CT molecular complexity index is 1140. The number of benzene rings is 2. The van der Waals surface area contributed by atoms with Gasteiger partial charge in [-0.1, -0.05) is 43.3 Å². The molecule has 1 N–H and O–H groups in total. The molecule has 3 aromatic rings. The van der Waals surface area contributed by atoms with Gasteiger partial charge in [-0.2, -0.15) is 0 Å². The minimum Gasteiger partial charge on any atom is -0.324 e. The molecule has 0 aliphatic carbocycles. The van der Waals surface area contributed by atoms with E-state index in [0.29, 0.717) is 5.69 Å². The van der Waals surface area contributed by atoms with Crippen molar-refractivity contribution in [3.8, 4) is 5.69 Å². The van der Waals surface area contributed by atoms with Gasteiger partial charge >= 0.3 is 11.1 Å². The van der Waals surface area contributed by atoms with E-state index in [0.717, 1.165) is 33.4 Å². The zero-order valence-corrected chi connectivity index (χ0v) is 16.2. The van der Waals surface area contributed by atoms with Gasteiger partial charge in [-0.05, 0) is 43.0 Å². The summed E-state index contributed by atoms with van der Waals surface area (Å²) in [5.41, 5.74) is 2.85. The van der Waals surface area contributed by atoms with Gasteiger partial charge in [0.15, 0.2) is 0 Å². The number of nitrogens with zero attached hydrogens (tertiary/aromatic N) is 2. The maximum absolute atomic E-state index is 12.5. The summed E-state index contributed by atoms with van der Waals surface area (Å²) in [5, 5.41) is 2.87. The van der Waals surface area contributed by atoms with Gasteiger partial charge in [0.25, 0.3) is 0 Å². The van der Waals surface area contributed by atoms with Gasteiger partial charge in [0, 0.05) is 18.1 Å². The number of carbonyl (C=O) groups excluding carboxylic acids is 1. The monoisotopic (exact) mass is 377 g/mol. The minimum absolute atomic E-state index is 0.222. The third-order valence-corrected chi connectivity index (χ3v) is 4.75. The lowest BCUT2D eigenvalue weighted by Crippen LogP contribution is -2.41. The van der Waals surface area contributed by atoms with E-state index in [2.05, 4.69) is 5.32 Å². The molecule has 28 heavy (non-hydrogen) atoms. The van der Waals surface area contributed by atoms with Crippen molar-refractivity contribution < 1.29 is 4.79 Å². The topological polar surface area (TPSA) is 73.1 Å². The molecule has 0 aliphatic heterocycles. The van der Waals surface area contributed by atoms with Crippen LogP contribution in [0, 0.1) is 13.8 Å². The minimum atomic E-state index is -0.735. The normalized spacial score (nSPS) is 10.7. The van der Waals surface area contributed by atoms with E-state index in [-0.39, 0.29) is 12.5 Å². The van der Waals surface area contributed by atoms with E-state index in [1.54, 1.807) is 12.1 Å². The van der Waals surface area contributed by atoms with E-state index in [1.807, 2.05) is 51.1 Å². The number of hydrogen-bond donors (Lipinski definition) is 1. The molecule has 1 aromatic heterocycles. The van der Waals surface area contributed by atoms with Crippen LogP contribution in [0.4, 0.5) is 5.69 Å². The zero-order valence-electron chi connectivity index (χ0n) is 16.2. The SMILES string of the molecule is CCc1cccc(C)c1NC(=O)Cn1ccn(-c2ccccc2C)c(=O)c1=O. The van der Waals surface area contributed by atoms with E-state index in [4.69, 9.17) is 0 Å². The molecule has 2 aromatic carbocycles. The van der Waals surface area contributed by atoms with Crippen LogP contribution in [0.1, 0.15) is 23.6 Å². The average Bonchev–Trinajstić information content (AvgIpc) is 2.68. The van der Waals surface area contributed by atoms with Crippen LogP contribution in [-0.4, -0.2) is 15.0 Å². The predicted molar refractivity (Wildman–Crippen MR) is 110 cm³/mol. The molecule has 0 saturated heterocycles. The molecule has 144 valence electrons. The van der Waals surface area contributed by atoms with Crippen LogP contribution < -0.4 is 16.4 Å². The summed E-state index contributed by atoms with van der Waals surface area (Å²) >= 11 is 0. The van der Waals surface area contributed by atoms with Crippen molar-refractivity contribution in [2.75, 3.05) is 5.32 Å². The number of para-hydroxylation sites is 2.